The van der Waals surface area contributed by atoms with Gasteiger partial charge in [-0.1, -0.05) is 0 Å². The summed E-state index contributed by atoms with van der Waals surface area (Å²) in [5, 5.41) is 18.4. The summed E-state index contributed by atoms with van der Waals surface area (Å²) in [6, 6.07) is 0. The van der Waals surface area contributed by atoms with Crippen molar-refractivity contribution in [2.75, 3.05) is 55.0 Å². The predicted octanol–water partition coefficient (Wildman–Crippen LogP) is 0.982. The summed E-state index contributed by atoms with van der Waals surface area (Å²) in [5.41, 5.74) is 16.2. The number of nitrogens with one attached hydrogen (secondary N) is 2. The number of hydrazine groups is 1. The first kappa shape index (κ1) is 77.1. The van der Waals surface area contributed by atoms with Crippen molar-refractivity contribution in [2.45, 2.75) is 110 Å². The van der Waals surface area contributed by atoms with Gasteiger partial charge in [-0.25, -0.2) is 5.84 Å². The number of ether oxygens (including phenoxy) is 1. The van der Waals surface area contributed by atoms with Crippen LogP contribution in [0.1, 0.15) is 109 Å². The number of aliphatic hydroxyl groups is 1. The van der Waals surface area contributed by atoms with Gasteiger partial charge in [0.1, 0.15) is 39.3 Å². The summed E-state index contributed by atoms with van der Waals surface area (Å²) < 4.78 is 70.1. The zero-order valence-electron chi connectivity index (χ0n) is 41.9. The normalized spacial score (nSPS) is 24.9. The molecule has 7 N–H and O–H groups in total. The number of nitrogens with two attached hydrogens (primary N) is 1. The van der Waals surface area contributed by atoms with Gasteiger partial charge in [0.2, 0.25) is 11.8 Å². The Labute approximate surface area is 433 Å². The van der Waals surface area contributed by atoms with E-state index in [0.717, 1.165) is 79.9 Å². The fraction of sp³-hybridized carbons (Fsp3) is 0.846. The van der Waals surface area contributed by atoms with E-state index in [2.05, 4.69) is 53.6 Å². The summed E-state index contributed by atoms with van der Waals surface area (Å²) in [5.74, 6) is 13.9. The quantitative estimate of drug-likeness (QED) is 0.0192. The number of aliphatic imine (C=N–C) groups is 1. The van der Waals surface area contributed by atoms with E-state index in [9.17, 15) is 22.5 Å². The van der Waals surface area contributed by atoms with E-state index in [4.69, 9.17) is 67.5 Å². The van der Waals surface area contributed by atoms with Crippen molar-refractivity contribution in [1.29, 1.82) is 0 Å². The Morgan fingerprint density at radius 1 is 0.941 bits per heavy atom. The molecule has 0 spiro atoms. The topological polar surface area (TPSA) is 310 Å². The van der Waals surface area contributed by atoms with Gasteiger partial charge >= 0.3 is 47.5 Å². The van der Waals surface area contributed by atoms with Gasteiger partial charge in [0, 0.05) is 47.5 Å². The minimum Gasteiger partial charge on any atom is -1.00 e. The van der Waals surface area contributed by atoms with Crippen LogP contribution >= 0.6 is 23.2 Å². The fourth-order valence-corrected chi connectivity index (χ4v) is 9.89. The molecule has 0 unspecified atom stereocenters. The number of amides is 2. The zero-order chi connectivity index (χ0) is 52.4. The number of hydrogen-bond acceptors (Lipinski definition) is 11. The van der Waals surface area contributed by atoms with Crippen LogP contribution in [-0.4, -0.2) is 124 Å². The summed E-state index contributed by atoms with van der Waals surface area (Å²) in [6.07, 6.45) is 16.8. The first-order chi connectivity index (χ1) is 30.7. The maximum atomic E-state index is 11.8. The molecule has 8 fully saturated rings. The molecule has 1 heterocycles. The van der Waals surface area contributed by atoms with Crippen LogP contribution in [0, 0.1) is 47.8 Å². The number of rotatable bonds is 2. The van der Waals surface area contributed by atoms with E-state index < -0.39 is 17.9 Å². The SMILES string of the molecule is CC=O.CN=C(C)OC.CNC(C)=O.CO.C[O+](C)C.Cc1nnc(C23CC4CC(CC(C4)C2)C3)n1C.ClCCl.FB(F)F.NNC(=O)C12CC3CC(CC(C3)C1)C2.O=S(=O)(O)O.[F-].[N-]=[N+]=[N-].[Na+]. The Kier molecular flexibility index (Phi) is 48.0. The zero-order valence-corrected chi connectivity index (χ0v) is 46.2. The number of aromatic nitrogens is 3. The molecule has 8 bridgehead atoms. The van der Waals surface area contributed by atoms with Crippen molar-refractivity contribution in [3.63, 3.8) is 0 Å². The van der Waals surface area contributed by atoms with Crippen molar-refractivity contribution in [3.05, 3.63) is 27.6 Å². The summed E-state index contributed by atoms with van der Waals surface area (Å²) in [6.45, 7) is 6.79. The summed E-state index contributed by atoms with van der Waals surface area (Å²) >= 11 is 9.53. The van der Waals surface area contributed by atoms with Crippen LogP contribution in [0.3, 0.4) is 0 Å². The number of halogens is 6. The van der Waals surface area contributed by atoms with Crippen molar-refractivity contribution in [1.82, 2.24) is 25.5 Å². The van der Waals surface area contributed by atoms with Gasteiger partial charge in [0.25, 0.3) is 0 Å². The average molecular weight is 1060 g/mol. The number of hydrogen-bond donors (Lipinski definition) is 6. The molecule has 394 valence electrons. The molecule has 2 amide bonds. The second-order valence-corrected chi connectivity index (χ2v) is 18.3. The van der Waals surface area contributed by atoms with Crippen LogP contribution in [0.4, 0.5) is 12.9 Å². The van der Waals surface area contributed by atoms with Crippen molar-refractivity contribution in [2.24, 2.45) is 58.8 Å². The maximum absolute atomic E-state index is 11.8. The van der Waals surface area contributed by atoms with Crippen molar-refractivity contribution < 1.29 is 93.3 Å². The van der Waals surface area contributed by atoms with E-state index in [-0.39, 0.29) is 56.8 Å². The molecule has 20 nitrogen and oxygen atoms in total. The fourth-order valence-electron chi connectivity index (χ4n) is 9.89. The second kappa shape index (κ2) is 42.3. The molecule has 0 radical (unpaired) electrons. The monoisotopic (exact) mass is 1060 g/mol. The van der Waals surface area contributed by atoms with Gasteiger partial charge in [-0.3, -0.25) is 47.0 Å². The minimum absolute atomic E-state index is 0. The predicted molar refractivity (Wildman–Crippen MR) is 253 cm³/mol. The number of aldehydes is 1. The molecule has 8 aliphatic carbocycles. The summed E-state index contributed by atoms with van der Waals surface area (Å²) in [4.78, 5) is 35.5. The van der Waals surface area contributed by atoms with Gasteiger partial charge in [0.15, 0.2) is 5.90 Å². The first-order valence-corrected chi connectivity index (χ1v) is 23.2. The average Bonchev–Trinajstić information content (AvgIpc) is 3.55. The van der Waals surface area contributed by atoms with Gasteiger partial charge in [-0.15, -0.1) is 33.4 Å². The molecular weight excluding hydrogens is 981 g/mol. The molecular formula is C39H76BCl2F4N10NaO10S. The Morgan fingerprint density at radius 2 is 1.19 bits per heavy atom. The largest absolute Gasteiger partial charge is 1.00 e. The van der Waals surface area contributed by atoms with Crippen molar-refractivity contribution in [3.8, 4) is 0 Å². The van der Waals surface area contributed by atoms with Crippen LogP contribution < -0.4 is 50.8 Å². The standard InChI is InChI=1S/C14H21N3.C11H18N2O.C4H9NO.C3H7NO.C3H9O.C2H4O.CH2Cl2.CH4O.BF3.FH.N3.Na.H2O4S/c1-9-15-16-13(17(9)2)14-6-10-3-11(7-14)5-12(4-10)8-14;12-13-10(14)11-4-7-1-8(5-11)3-9(2-7)6-11;1-4(5-2)6-3;1-3(5)4-2;1-4(2)3;1-2-3;2-1-3;1-2;2-1(3)4;;1-3-2;;1-5(2,3)4/h10-12H,3-8H2,1-2H3;7-9H,1-6,12H2,(H,13,14);1-3H3;1-2H3,(H,4,5);1-3H3;2H,1H3;1H2;2H,1H3;;1H;;;(H2,1,2,3,4)/q;;;;+1;;;;;;-1;+1;/p-1. The smallest absolute Gasteiger partial charge is 1.00 e. The molecule has 8 aliphatic rings. The van der Waals surface area contributed by atoms with Crippen LogP contribution in [0.15, 0.2) is 4.99 Å². The number of carbonyl (C=O) groups is 3. The number of methoxy groups -OCH3 is 1. The van der Waals surface area contributed by atoms with Gasteiger partial charge in [-0.05, 0) is 126 Å². The van der Waals surface area contributed by atoms with E-state index in [1.54, 1.807) is 28.1 Å². The van der Waals surface area contributed by atoms with Crippen LogP contribution in [0.2, 0.25) is 0 Å². The third-order valence-electron chi connectivity index (χ3n) is 11.2. The Bertz CT molecular complexity index is 1590. The number of aliphatic hydroxyl groups excluding tert-OH is 1. The number of aryl methyl sites for hydroxylation is 1. The number of carbonyl (C=O) groups excluding carboxylic acids is 3. The van der Waals surface area contributed by atoms with Crippen molar-refractivity contribution >= 4 is 65.1 Å². The first-order valence-electron chi connectivity index (χ1n) is 20.8. The number of alkyl halides is 2. The van der Waals surface area contributed by atoms with Crippen LogP contribution in [-0.2, 0) is 46.3 Å². The molecule has 0 aliphatic heterocycles. The Hall–Kier alpha value is -2.36. The maximum Gasteiger partial charge on any atom is 1.00 e. The molecule has 1 aromatic rings. The molecule has 68 heavy (non-hydrogen) atoms. The van der Waals surface area contributed by atoms with E-state index >= 15 is 0 Å². The van der Waals surface area contributed by atoms with E-state index in [1.165, 1.54) is 82.4 Å². The molecule has 1 aromatic heterocycles. The Morgan fingerprint density at radius 3 is 1.35 bits per heavy atom. The Balaban J connectivity index is -0.000000170. The molecule has 8 saturated carbocycles. The molecule has 29 heteroatoms. The van der Waals surface area contributed by atoms with Crippen LogP contribution in [0.25, 0.3) is 16.0 Å². The van der Waals surface area contributed by atoms with Crippen LogP contribution in [0.5, 0.6) is 0 Å². The van der Waals surface area contributed by atoms with Gasteiger partial charge in [-0.2, -0.15) is 8.42 Å². The molecule has 9 rings (SSSR count). The van der Waals surface area contributed by atoms with Gasteiger partial charge in [0.05, 0.1) is 17.9 Å². The summed E-state index contributed by atoms with van der Waals surface area (Å²) in [7, 11) is 5.45. The molecule has 0 saturated heterocycles. The van der Waals surface area contributed by atoms with E-state index in [0.29, 0.717) is 5.41 Å². The third kappa shape index (κ3) is 34.9. The molecule has 0 aromatic carbocycles. The third-order valence-corrected chi connectivity index (χ3v) is 11.2. The second-order valence-electron chi connectivity index (χ2n) is 16.6. The van der Waals surface area contributed by atoms with E-state index in [1.807, 2.05) is 21.3 Å². The molecule has 0 atom stereocenters. The van der Waals surface area contributed by atoms with Gasteiger partial charge < -0.3 is 44.7 Å². The number of nitrogens with zero attached hydrogens (tertiary/aromatic N) is 7. The minimum atomic E-state index is -4.67.